The van der Waals surface area contributed by atoms with E-state index in [2.05, 4.69) is 15.6 Å². The van der Waals surface area contributed by atoms with E-state index in [-0.39, 0.29) is 24.2 Å². The molecule has 0 aliphatic rings. The Morgan fingerprint density at radius 1 is 1.05 bits per heavy atom. The summed E-state index contributed by atoms with van der Waals surface area (Å²) in [5.74, 6) is -6.04. The summed E-state index contributed by atoms with van der Waals surface area (Å²) in [5.41, 5.74) is -0.437. The number of halogens is 5. The fraction of sp³-hybridized carbons (Fsp3) is 0.406. The van der Waals surface area contributed by atoms with Crippen molar-refractivity contribution >= 4 is 23.2 Å². The molecule has 2 aromatic heterocycles. The zero-order valence-electron chi connectivity index (χ0n) is 24.8. The first-order valence-electron chi connectivity index (χ1n) is 14.1. The number of ether oxygens (including phenoxy) is 1. The van der Waals surface area contributed by atoms with Gasteiger partial charge in [0.25, 0.3) is 6.43 Å². The second-order valence-corrected chi connectivity index (χ2v) is 12.0. The molecule has 0 radical (unpaired) electrons. The molecule has 2 aromatic carbocycles. The maximum atomic E-state index is 14.9. The fourth-order valence-electron chi connectivity index (χ4n) is 4.58. The summed E-state index contributed by atoms with van der Waals surface area (Å²) in [7, 11) is 0. The average Bonchev–Trinajstić information content (AvgIpc) is 3.62. The molecule has 0 aliphatic heterocycles. The number of anilines is 1. The van der Waals surface area contributed by atoms with Crippen LogP contribution < -0.4 is 5.32 Å². The average molecular weight is 636 g/mol. The first-order valence-corrected chi connectivity index (χ1v) is 14.5. The lowest BCUT2D eigenvalue weighted by Crippen LogP contribution is -2.30. The molecule has 0 unspecified atom stereocenters. The maximum Gasteiger partial charge on any atom is 0.312 e. The van der Waals surface area contributed by atoms with Crippen LogP contribution in [0.4, 0.5) is 23.2 Å². The number of hydrogen-bond acceptors (Lipinski definition) is 6. The van der Waals surface area contributed by atoms with Gasteiger partial charge in [0.1, 0.15) is 0 Å². The highest BCUT2D eigenvalue weighted by molar-refractivity contribution is 6.33. The molecular formula is C32H34ClF4N3O4. The quantitative estimate of drug-likeness (QED) is 0.116. The minimum atomic E-state index is -3.44. The summed E-state index contributed by atoms with van der Waals surface area (Å²) < 4.78 is 74.7. The van der Waals surface area contributed by atoms with Gasteiger partial charge in [0.05, 0.1) is 28.6 Å². The van der Waals surface area contributed by atoms with E-state index in [1.807, 2.05) is 37.3 Å². The van der Waals surface area contributed by atoms with Gasteiger partial charge in [-0.1, -0.05) is 79.1 Å². The number of rotatable bonds is 13. The number of nitrogens with zero attached hydrogens (tertiary/aromatic N) is 2. The summed E-state index contributed by atoms with van der Waals surface area (Å²) in [5, 5.41) is 10.5. The Kier molecular flexibility index (Phi) is 10.5. The summed E-state index contributed by atoms with van der Waals surface area (Å²) in [6.45, 7) is 6.45. The maximum absolute atomic E-state index is 14.9. The van der Waals surface area contributed by atoms with Crippen molar-refractivity contribution in [3.63, 3.8) is 0 Å². The van der Waals surface area contributed by atoms with Crippen LogP contribution in [0.5, 0.6) is 0 Å². The molecule has 44 heavy (non-hydrogen) atoms. The molecule has 0 aliphatic carbocycles. The number of alkyl halides is 4. The molecule has 1 atom stereocenters. The summed E-state index contributed by atoms with van der Waals surface area (Å²) in [4.78, 5) is 13.1. The van der Waals surface area contributed by atoms with E-state index in [1.165, 1.54) is 20.8 Å². The molecule has 4 aromatic rings. The third-order valence-corrected chi connectivity index (χ3v) is 7.45. The molecular weight excluding hydrogens is 602 g/mol. The molecule has 1 N–H and O–H groups in total. The second kappa shape index (κ2) is 13.9. The van der Waals surface area contributed by atoms with Crippen LogP contribution in [0.25, 0.3) is 11.5 Å². The van der Waals surface area contributed by atoms with Crippen molar-refractivity contribution in [3.8, 4) is 11.5 Å². The lowest BCUT2D eigenvalue weighted by Gasteiger charge is -2.27. The molecule has 4 rings (SSSR count). The van der Waals surface area contributed by atoms with Gasteiger partial charge < -0.3 is 19.1 Å². The van der Waals surface area contributed by atoms with E-state index in [4.69, 9.17) is 25.4 Å². The largest absolute Gasteiger partial charge is 0.377 e. The Balaban J connectivity index is 1.58. The number of benzene rings is 2. The lowest BCUT2D eigenvalue weighted by atomic mass is 9.86. The van der Waals surface area contributed by atoms with Crippen LogP contribution in [-0.4, -0.2) is 22.8 Å². The van der Waals surface area contributed by atoms with E-state index in [9.17, 15) is 22.4 Å². The zero-order valence-corrected chi connectivity index (χ0v) is 25.6. The van der Waals surface area contributed by atoms with Gasteiger partial charge in [-0.2, -0.15) is 8.78 Å². The molecule has 0 saturated carbocycles. The normalized spacial score (nSPS) is 13.0. The van der Waals surface area contributed by atoms with E-state index >= 15 is 0 Å². The highest BCUT2D eigenvalue weighted by atomic mass is 35.5. The molecule has 12 heteroatoms. The summed E-state index contributed by atoms with van der Waals surface area (Å²) in [6.07, 6.45) is -2.70. The number of carbonyl (C=O) groups is 1. The van der Waals surface area contributed by atoms with Crippen molar-refractivity contribution in [1.82, 2.24) is 10.3 Å². The molecule has 236 valence electrons. The van der Waals surface area contributed by atoms with Crippen LogP contribution in [-0.2, 0) is 22.1 Å². The third kappa shape index (κ3) is 7.87. The first-order chi connectivity index (χ1) is 20.8. The third-order valence-electron chi connectivity index (χ3n) is 7.14. The van der Waals surface area contributed by atoms with E-state index in [1.54, 1.807) is 18.2 Å². The Morgan fingerprint density at radius 2 is 1.77 bits per heavy atom. The highest BCUT2D eigenvalue weighted by Gasteiger charge is 2.48. The van der Waals surface area contributed by atoms with Crippen LogP contribution in [0.2, 0.25) is 5.02 Å². The smallest absolute Gasteiger partial charge is 0.312 e. The van der Waals surface area contributed by atoms with Crippen LogP contribution in [0, 0.1) is 12.3 Å². The van der Waals surface area contributed by atoms with Crippen molar-refractivity contribution in [2.75, 3.05) is 11.9 Å². The number of nitrogens with one attached hydrogen (secondary N) is 1. The minimum absolute atomic E-state index is 0.171. The minimum Gasteiger partial charge on any atom is -0.377 e. The van der Waals surface area contributed by atoms with Crippen LogP contribution in [0.1, 0.15) is 80.5 Å². The van der Waals surface area contributed by atoms with Gasteiger partial charge in [0, 0.05) is 30.4 Å². The molecule has 0 spiro atoms. The standard InChI is InChI=1S/C32H34ClF4N3O4/c1-19-12-13-23(22(33)15-19)38-26(41)16-21(11-8-14-42-18-20-9-6-5-7-10-20)28-27(30(34)35)29(44-40-28)24-17-25(43-39-24)32(36,37)31(2,3)4/h5-7,9-10,12-13,15,17,21,30H,8,11,14,16,18H2,1-4H3,(H,38,41)/t21-/m0/s1. The van der Waals surface area contributed by atoms with Gasteiger partial charge in [0.2, 0.25) is 11.7 Å². The van der Waals surface area contributed by atoms with Crippen molar-refractivity contribution < 1.29 is 36.1 Å². The molecule has 7 nitrogen and oxygen atoms in total. The molecule has 0 bridgehead atoms. The molecule has 0 saturated heterocycles. The van der Waals surface area contributed by atoms with Gasteiger partial charge in [0.15, 0.2) is 11.5 Å². The summed E-state index contributed by atoms with van der Waals surface area (Å²) >= 11 is 6.27. The van der Waals surface area contributed by atoms with Crippen molar-refractivity contribution in [2.24, 2.45) is 5.41 Å². The van der Waals surface area contributed by atoms with Crippen LogP contribution in [0.3, 0.4) is 0 Å². The predicted molar refractivity (Wildman–Crippen MR) is 158 cm³/mol. The highest BCUT2D eigenvalue weighted by Crippen LogP contribution is 2.46. The van der Waals surface area contributed by atoms with E-state index in [0.29, 0.717) is 30.3 Å². The number of aromatic nitrogens is 2. The van der Waals surface area contributed by atoms with Gasteiger partial charge >= 0.3 is 5.92 Å². The van der Waals surface area contributed by atoms with Crippen molar-refractivity contribution in [1.29, 1.82) is 0 Å². The van der Waals surface area contributed by atoms with Gasteiger partial charge in [-0.05, 0) is 43.0 Å². The summed E-state index contributed by atoms with van der Waals surface area (Å²) in [6, 6.07) is 15.5. The molecule has 1 amide bonds. The topological polar surface area (TPSA) is 90.4 Å². The molecule has 0 fully saturated rings. The predicted octanol–water partition coefficient (Wildman–Crippen LogP) is 9.48. The van der Waals surface area contributed by atoms with Gasteiger partial charge in [-0.25, -0.2) is 8.78 Å². The van der Waals surface area contributed by atoms with Gasteiger partial charge in [-0.15, -0.1) is 0 Å². The van der Waals surface area contributed by atoms with Crippen LogP contribution >= 0.6 is 11.6 Å². The van der Waals surface area contributed by atoms with E-state index < -0.39 is 46.7 Å². The first kappa shape index (κ1) is 33.2. The number of amides is 1. The Hall–Kier alpha value is -3.70. The number of carbonyl (C=O) groups excluding carboxylic acids is 1. The van der Waals surface area contributed by atoms with Crippen molar-refractivity contribution in [2.45, 2.75) is 71.8 Å². The Morgan fingerprint density at radius 3 is 2.43 bits per heavy atom. The zero-order chi connectivity index (χ0) is 32.1. The SMILES string of the molecule is Cc1ccc(NC(=O)C[C@H](CCCOCc2ccccc2)c2noc(-c3cc(C(F)(F)C(C)(C)C)on3)c2C(F)F)c(Cl)c1. The second-order valence-electron chi connectivity index (χ2n) is 11.6. The number of hydrogen-bond donors (Lipinski definition) is 1. The van der Waals surface area contributed by atoms with Crippen molar-refractivity contribution in [3.05, 3.63) is 87.8 Å². The van der Waals surface area contributed by atoms with E-state index in [0.717, 1.165) is 17.2 Å². The number of aryl methyl sites for hydroxylation is 1. The fourth-order valence-corrected chi connectivity index (χ4v) is 4.86. The Labute approximate surface area is 257 Å². The monoisotopic (exact) mass is 635 g/mol. The Bertz CT molecular complexity index is 1550. The lowest BCUT2D eigenvalue weighted by molar-refractivity contribution is -0.122. The van der Waals surface area contributed by atoms with Crippen LogP contribution in [0.15, 0.2) is 63.6 Å². The van der Waals surface area contributed by atoms with Gasteiger partial charge in [-0.3, -0.25) is 4.79 Å². The molecule has 2 heterocycles.